The van der Waals surface area contributed by atoms with Crippen LogP contribution in [-0.2, 0) is 9.53 Å². The minimum Gasteiger partial charge on any atom is -0.479 e. The molecule has 3 N–H and O–H groups in total. The van der Waals surface area contributed by atoms with Crippen LogP contribution in [0.2, 0.25) is 0 Å². The van der Waals surface area contributed by atoms with Gasteiger partial charge in [-0.25, -0.2) is 9.59 Å². The van der Waals surface area contributed by atoms with Crippen LogP contribution in [-0.4, -0.2) is 48.1 Å². The zero-order valence-corrected chi connectivity index (χ0v) is 10.9. The van der Waals surface area contributed by atoms with Crippen LogP contribution in [0.1, 0.15) is 26.2 Å². The first-order chi connectivity index (χ1) is 9.17. The molecular weight excluding hydrogens is 281 g/mol. The van der Waals surface area contributed by atoms with Gasteiger partial charge >= 0.3 is 18.2 Å². The maximum atomic E-state index is 12.1. The lowest BCUT2D eigenvalue weighted by Crippen LogP contribution is -2.44. The number of hydrogen-bond donors (Lipinski definition) is 3. The van der Waals surface area contributed by atoms with Gasteiger partial charge in [-0.3, -0.25) is 0 Å². The highest BCUT2D eigenvalue weighted by Crippen LogP contribution is 2.21. The highest BCUT2D eigenvalue weighted by Gasteiger charge is 2.32. The molecule has 1 fully saturated rings. The van der Waals surface area contributed by atoms with E-state index in [2.05, 4.69) is 10.6 Å². The van der Waals surface area contributed by atoms with Crippen LogP contribution >= 0.6 is 0 Å². The Kier molecular flexibility index (Phi) is 5.61. The van der Waals surface area contributed by atoms with Crippen molar-refractivity contribution in [3.8, 4) is 0 Å². The minimum absolute atomic E-state index is 0.0638. The number of alkyl halides is 3. The van der Waals surface area contributed by atoms with Crippen LogP contribution in [0, 0.1) is 0 Å². The van der Waals surface area contributed by atoms with Gasteiger partial charge in [0.1, 0.15) is 0 Å². The molecule has 2 amide bonds. The second kappa shape index (κ2) is 6.78. The van der Waals surface area contributed by atoms with Crippen molar-refractivity contribution in [1.82, 2.24) is 10.6 Å². The van der Waals surface area contributed by atoms with E-state index in [9.17, 15) is 22.8 Å². The Morgan fingerprint density at radius 3 is 2.55 bits per heavy atom. The standard InChI is InChI=1S/C11H17F3N2O4/c1-6(4-11(12,13)14)16-10(19)15-5-7-2-3-8(20-7)9(17)18/h6-8H,2-5H2,1H3,(H,17,18)(H2,15,16,19). The van der Waals surface area contributed by atoms with Crippen molar-refractivity contribution in [2.75, 3.05) is 6.54 Å². The fourth-order valence-electron chi connectivity index (χ4n) is 1.92. The van der Waals surface area contributed by atoms with E-state index in [4.69, 9.17) is 9.84 Å². The summed E-state index contributed by atoms with van der Waals surface area (Å²) < 4.78 is 41.3. The number of aliphatic carboxylic acids is 1. The molecule has 0 saturated carbocycles. The first-order valence-electron chi connectivity index (χ1n) is 6.17. The zero-order chi connectivity index (χ0) is 15.3. The van der Waals surface area contributed by atoms with Crippen molar-refractivity contribution >= 4 is 12.0 Å². The van der Waals surface area contributed by atoms with Gasteiger partial charge < -0.3 is 20.5 Å². The fraction of sp³-hybridized carbons (Fsp3) is 0.818. The van der Waals surface area contributed by atoms with E-state index in [-0.39, 0.29) is 6.54 Å². The second-order valence-corrected chi connectivity index (χ2v) is 4.74. The molecule has 0 aromatic rings. The van der Waals surface area contributed by atoms with Crippen LogP contribution in [0.25, 0.3) is 0 Å². The lowest BCUT2D eigenvalue weighted by molar-refractivity contribution is -0.149. The molecule has 6 nitrogen and oxygen atoms in total. The van der Waals surface area contributed by atoms with E-state index >= 15 is 0 Å². The molecule has 0 bridgehead atoms. The van der Waals surface area contributed by atoms with Gasteiger partial charge in [0.15, 0.2) is 6.10 Å². The second-order valence-electron chi connectivity index (χ2n) is 4.74. The Hall–Kier alpha value is -1.51. The summed E-state index contributed by atoms with van der Waals surface area (Å²) in [6.45, 7) is 1.31. The number of amides is 2. The molecule has 0 aliphatic carbocycles. The van der Waals surface area contributed by atoms with Crippen molar-refractivity contribution in [1.29, 1.82) is 0 Å². The normalized spacial score (nSPS) is 24.2. The van der Waals surface area contributed by atoms with Gasteiger partial charge in [0.05, 0.1) is 12.5 Å². The predicted octanol–water partition coefficient (Wildman–Crippen LogP) is 1.26. The van der Waals surface area contributed by atoms with Crippen molar-refractivity contribution < 1.29 is 32.6 Å². The molecule has 1 heterocycles. The van der Waals surface area contributed by atoms with Crippen LogP contribution in [0.15, 0.2) is 0 Å². The van der Waals surface area contributed by atoms with Gasteiger partial charge in [-0.15, -0.1) is 0 Å². The lowest BCUT2D eigenvalue weighted by atomic mass is 10.2. The Morgan fingerprint density at radius 1 is 1.40 bits per heavy atom. The summed E-state index contributed by atoms with van der Waals surface area (Å²) in [6.07, 6.45) is -5.92. The number of carbonyl (C=O) groups excluding carboxylic acids is 1. The molecule has 3 unspecified atom stereocenters. The quantitative estimate of drug-likeness (QED) is 0.713. The number of rotatable bonds is 5. The SMILES string of the molecule is CC(CC(F)(F)F)NC(=O)NCC1CCC(C(=O)O)O1. The largest absolute Gasteiger partial charge is 0.479 e. The molecule has 0 radical (unpaired) electrons. The lowest BCUT2D eigenvalue weighted by Gasteiger charge is -2.17. The molecule has 1 aliphatic heterocycles. The van der Waals surface area contributed by atoms with E-state index in [0.29, 0.717) is 12.8 Å². The number of halogens is 3. The number of carbonyl (C=O) groups is 2. The van der Waals surface area contributed by atoms with E-state index in [0.717, 1.165) is 0 Å². The maximum Gasteiger partial charge on any atom is 0.391 e. The third kappa shape index (κ3) is 6.09. The van der Waals surface area contributed by atoms with Gasteiger partial charge in [0, 0.05) is 12.6 Å². The molecule has 20 heavy (non-hydrogen) atoms. The third-order valence-electron chi connectivity index (χ3n) is 2.79. The zero-order valence-electron chi connectivity index (χ0n) is 10.9. The highest BCUT2D eigenvalue weighted by molar-refractivity contribution is 5.74. The van der Waals surface area contributed by atoms with E-state index in [1.54, 1.807) is 0 Å². The number of urea groups is 1. The highest BCUT2D eigenvalue weighted by atomic mass is 19.4. The van der Waals surface area contributed by atoms with Crippen LogP contribution in [0.5, 0.6) is 0 Å². The molecule has 1 aliphatic rings. The Labute approximate surface area is 113 Å². The Morgan fingerprint density at radius 2 is 2.05 bits per heavy atom. The fourth-order valence-corrected chi connectivity index (χ4v) is 1.92. The number of ether oxygens (including phenoxy) is 1. The van der Waals surface area contributed by atoms with Crippen molar-refractivity contribution in [3.05, 3.63) is 0 Å². The van der Waals surface area contributed by atoms with Gasteiger partial charge in [-0.05, 0) is 19.8 Å². The first-order valence-corrected chi connectivity index (χ1v) is 6.17. The molecule has 3 atom stereocenters. The Balaban J connectivity index is 2.22. The first kappa shape index (κ1) is 16.5. The average Bonchev–Trinajstić information content (AvgIpc) is 2.72. The number of hydrogen-bond acceptors (Lipinski definition) is 3. The van der Waals surface area contributed by atoms with Gasteiger partial charge in [0.25, 0.3) is 0 Å². The molecule has 0 spiro atoms. The topological polar surface area (TPSA) is 87.7 Å². The van der Waals surface area contributed by atoms with Crippen molar-refractivity contribution in [2.45, 2.75) is 50.6 Å². The van der Waals surface area contributed by atoms with Gasteiger partial charge in [-0.2, -0.15) is 13.2 Å². The predicted molar refractivity (Wildman–Crippen MR) is 62.2 cm³/mol. The molecule has 1 saturated heterocycles. The molecular formula is C11H17F3N2O4. The number of carboxylic acid groups (broad SMARTS) is 1. The summed E-state index contributed by atoms with van der Waals surface area (Å²) in [4.78, 5) is 22.0. The molecule has 0 aromatic carbocycles. The molecule has 116 valence electrons. The van der Waals surface area contributed by atoms with Gasteiger partial charge in [-0.1, -0.05) is 0 Å². The van der Waals surface area contributed by atoms with Crippen molar-refractivity contribution in [2.24, 2.45) is 0 Å². The molecule has 0 aromatic heterocycles. The van der Waals surface area contributed by atoms with E-state index < -0.39 is 42.8 Å². The van der Waals surface area contributed by atoms with Crippen LogP contribution < -0.4 is 10.6 Å². The smallest absolute Gasteiger partial charge is 0.391 e. The Bertz CT molecular complexity index is 362. The van der Waals surface area contributed by atoms with Crippen molar-refractivity contribution in [3.63, 3.8) is 0 Å². The van der Waals surface area contributed by atoms with E-state index in [1.807, 2.05) is 0 Å². The third-order valence-corrected chi connectivity index (χ3v) is 2.79. The van der Waals surface area contributed by atoms with Gasteiger partial charge in [0.2, 0.25) is 0 Å². The summed E-state index contributed by atoms with van der Waals surface area (Å²) in [5, 5.41) is 13.2. The summed E-state index contributed by atoms with van der Waals surface area (Å²) in [7, 11) is 0. The number of carboxylic acids is 1. The number of nitrogens with one attached hydrogen (secondary N) is 2. The molecule has 9 heteroatoms. The average molecular weight is 298 g/mol. The minimum atomic E-state index is -4.34. The summed E-state index contributed by atoms with van der Waals surface area (Å²) in [5.74, 6) is -1.06. The van der Waals surface area contributed by atoms with Crippen LogP contribution in [0.4, 0.5) is 18.0 Å². The molecule has 1 rings (SSSR count). The van der Waals surface area contributed by atoms with E-state index in [1.165, 1.54) is 6.92 Å². The monoisotopic (exact) mass is 298 g/mol. The summed E-state index contributed by atoms with van der Waals surface area (Å²) in [5.41, 5.74) is 0. The maximum absolute atomic E-state index is 12.1. The summed E-state index contributed by atoms with van der Waals surface area (Å²) >= 11 is 0. The van der Waals surface area contributed by atoms with Crippen LogP contribution in [0.3, 0.4) is 0 Å². The summed E-state index contributed by atoms with van der Waals surface area (Å²) in [6, 6.07) is -1.77.